The third-order valence-electron chi connectivity index (χ3n) is 1.93. The molecule has 0 aliphatic heterocycles. The number of ether oxygens (including phenoxy) is 2. The zero-order valence-electron chi connectivity index (χ0n) is 9.75. The molecule has 4 heteroatoms. The summed E-state index contributed by atoms with van der Waals surface area (Å²) >= 11 is 0. The lowest BCUT2D eigenvalue weighted by atomic mass is 10.2. The normalized spacial score (nSPS) is 9.12. The average molecular weight is 236 g/mol. The minimum Gasteiger partial charge on any atom is -0.492 e. The molecule has 0 spiro atoms. The van der Waals surface area contributed by atoms with Gasteiger partial charge in [0.1, 0.15) is 6.42 Å². The van der Waals surface area contributed by atoms with Crippen molar-refractivity contribution in [3.63, 3.8) is 0 Å². The monoisotopic (exact) mass is 236 g/mol. The number of benzene rings is 1. The molecule has 0 aromatic heterocycles. The maximum absolute atomic E-state index is 13.3. The number of hydrogen-bond donors (Lipinski definition) is 0. The molecule has 0 fully saturated rings. The Morgan fingerprint density at radius 2 is 2.24 bits per heavy atom. The second-order valence-electron chi connectivity index (χ2n) is 3.10. The van der Waals surface area contributed by atoms with Crippen LogP contribution in [0.3, 0.4) is 0 Å². The lowest BCUT2D eigenvalue weighted by Crippen LogP contribution is -2.01. The van der Waals surface area contributed by atoms with E-state index in [4.69, 9.17) is 9.47 Å². The molecule has 0 amide bonds. The maximum atomic E-state index is 13.3. The number of carbonyl (C=O) groups is 1. The molecule has 0 saturated carbocycles. The standard InChI is InChI=1S/C13H13FO3/c1-3-17-12(15)9-5-7-10-6-4-8-11(14)13(10)16-2/h4,6,8H,3,9H2,1-2H3. The van der Waals surface area contributed by atoms with Gasteiger partial charge in [0.2, 0.25) is 0 Å². The van der Waals surface area contributed by atoms with Crippen LogP contribution in [0.25, 0.3) is 0 Å². The molecule has 0 aliphatic carbocycles. The molecule has 0 atom stereocenters. The summed E-state index contributed by atoms with van der Waals surface area (Å²) in [7, 11) is 1.37. The van der Waals surface area contributed by atoms with Crippen LogP contribution in [0, 0.1) is 17.7 Å². The fourth-order valence-electron chi connectivity index (χ4n) is 1.24. The van der Waals surface area contributed by atoms with Gasteiger partial charge in [0.15, 0.2) is 11.6 Å². The van der Waals surface area contributed by atoms with Crippen LogP contribution in [0.15, 0.2) is 18.2 Å². The van der Waals surface area contributed by atoms with Gasteiger partial charge in [0.05, 0.1) is 19.3 Å². The van der Waals surface area contributed by atoms with Crippen LogP contribution >= 0.6 is 0 Å². The van der Waals surface area contributed by atoms with E-state index in [9.17, 15) is 9.18 Å². The third-order valence-corrected chi connectivity index (χ3v) is 1.93. The summed E-state index contributed by atoms with van der Waals surface area (Å²) in [4.78, 5) is 11.0. The van der Waals surface area contributed by atoms with E-state index in [0.29, 0.717) is 12.2 Å². The van der Waals surface area contributed by atoms with E-state index in [1.54, 1.807) is 13.0 Å². The van der Waals surface area contributed by atoms with Crippen molar-refractivity contribution in [1.82, 2.24) is 0 Å². The smallest absolute Gasteiger partial charge is 0.317 e. The molecule has 17 heavy (non-hydrogen) atoms. The summed E-state index contributed by atoms with van der Waals surface area (Å²) in [5.41, 5.74) is 0.414. The molecule has 1 rings (SSSR count). The molecule has 3 nitrogen and oxygen atoms in total. The average Bonchev–Trinajstić information content (AvgIpc) is 2.29. The van der Waals surface area contributed by atoms with Crippen LogP contribution in [0.1, 0.15) is 18.9 Å². The minimum absolute atomic E-state index is 0.0203. The van der Waals surface area contributed by atoms with E-state index in [0.717, 1.165) is 0 Å². The Kier molecular flexibility index (Phi) is 5.02. The summed E-state index contributed by atoms with van der Waals surface area (Å²) < 4.78 is 22.9. The predicted octanol–water partition coefficient (Wildman–Crippen LogP) is 2.14. The van der Waals surface area contributed by atoms with E-state index in [-0.39, 0.29) is 12.2 Å². The van der Waals surface area contributed by atoms with Gasteiger partial charge in [-0.3, -0.25) is 4.79 Å². The topological polar surface area (TPSA) is 35.5 Å². The molecule has 0 radical (unpaired) electrons. The van der Waals surface area contributed by atoms with E-state index < -0.39 is 11.8 Å². The van der Waals surface area contributed by atoms with Crippen molar-refractivity contribution < 1.29 is 18.7 Å². The Bertz CT molecular complexity index is 457. The van der Waals surface area contributed by atoms with Gasteiger partial charge in [-0.2, -0.15) is 0 Å². The lowest BCUT2D eigenvalue weighted by molar-refractivity contribution is -0.141. The lowest BCUT2D eigenvalue weighted by Gasteiger charge is -2.03. The van der Waals surface area contributed by atoms with Gasteiger partial charge in [-0.15, -0.1) is 0 Å². The highest BCUT2D eigenvalue weighted by Crippen LogP contribution is 2.20. The fourth-order valence-corrected chi connectivity index (χ4v) is 1.24. The fraction of sp³-hybridized carbons (Fsp3) is 0.308. The van der Waals surface area contributed by atoms with E-state index in [1.807, 2.05) is 0 Å². The molecular formula is C13H13FO3. The first-order chi connectivity index (χ1) is 8.19. The van der Waals surface area contributed by atoms with Crippen molar-refractivity contribution in [3.8, 4) is 17.6 Å². The van der Waals surface area contributed by atoms with Gasteiger partial charge in [-0.25, -0.2) is 4.39 Å². The van der Waals surface area contributed by atoms with Crippen molar-refractivity contribution in [3.05, 3.63) is 29.6 Å². The van der Waals surface area contributed by atoms with Gasteiger partial charge in [0, 0.05) is 0 Å². The number of carbonyl (C=O) groups excluding carboxylic acids is 1. The highest BCUT2D eigenvalue weighted by molar-refractivity contribution is 5.72. The molecule has 1 aromatic carbocycles. The largest absolute Gasteiger partial charge is 0.492 e. The number of halogens is 1. The first-order valence-electron chi connectivity index (χ1n) is 5.16. The van der Waals surface area contributed by atoms with Gasteiger partial charge in [-0.05, 0) is 19.1 Å². The van der Waals surface area contributed by atoms with Crippen LogP contribution in [-0.4, -0.2) is 19.7 Å². The van der Waals surface area contributed by atoms with Crippen LogP contribution in [0.5, 0.6) is 5.75 Å². The molecule has 0 unspecified atom stereocenters. The Morgan fingerprint density at radius 1 is 1.47 bits per heavy atom. The second-order valence-corrected chi connectivity index (χ2v) is 3.10. The van der Waals surface area contributed by atoms with Gasteiger partial charge >= 0.3 is 5.97 Å². The summed E-state index contributed by atoms with van der Waals surface area (Å²) in [6.45, 7) is 2.05. The van der Waals surface area contributed by atoms with Crippen molar-refractivity contribution >= 4 is 5.97 Å². The SMILES string of the molecule is CCOC(=O)CC#Cc1cccc(F)c1OC. The molecule has 0 N–H and O–H groups in total. The molecule has 0 bridgehead atoms. The Morgan fingerprint density at radius 3 is 2.88 bits per heavy atom. The quantitative estimate of drug-likeness (QED) is 0.595. The number of esters is 1. The van der Waals surface area contributed by atoms with Crippen LogP contribution in [0.4, 0.5) is 4.39 Å². The van der Waals surface area contributed by atoms with Crippen LogP contribution in [0.2, 0.25) is 0 Å². The zero-order valence-corrected chi connectivity index (χ0v) is 9.75. The molecule has 0 aliphatic rings. The summed E-state index contributed by atoms with van der Waals surface area (Å²) in [6.07, 6.45) is -0.0203. The predicted molar refractivity (Wildman–Crippen MR) is 61.1 cm³/mol. The number of para-hydroxylation sites is 1. The summed E-state index contributed by atoms with van der Waals surface area (Å²) in [5.74, 6) is 4.51. The Hall–Kier alpha value is -2.02. The third kappa shape index (κ3) is 3.80. The minimum atomic E-state index is -0.476. The molecule has 90 valence electrons. The van der Waals surface area contributed by atoms with Gasteiger partial charge in [-0.1, -0.05) is 17.9 Å². The number of methoxy groups -OCH3 is 1. The van der Waals surface area contributed by atoms with Crippen LogP contribution in [-0.2, 0) is 9.53 Å². The molecule has 0 heterocycles. The van der Waals surface area contributed by atoms with Gasteiger partial charge in [0.25, 0.3) is 0 Å². The molecular weight excluding hydrogens is 223 g/mol. The van der Waals surface area contributed by atoms with E-state index in [2.05, 4.69) is 11.8 Å². The first-order valence-corrected chi connectivity index (χ1v) is 5.16. The maximum Gasteiger partial charge on any atom is 0.317 e. The summed E-state index contributed by atoms with van der Waals surface area (Å²) in [6, 6.07) is 4.45. The number of hydrogen-bond acceptors (Lipinski definition) is 3. The summed E-state index contributed by atoms with van der Waals surface area (Å²) in [5, 5.41) is 0. The Labute approximate surface area is 99.5 Å². The highest BCUT2D eigenvalue weighted by atomic mass is 19.1. The molecule has 1 aromatic rings. The molecule has 0 saturated heterocycles. The van der Waals surface area contributed by atoms with Crippen LogP contribution < -0.4 is 4.74 Å². The van der Waals surface area contributed by atoms with Crippen molar-refractivity contribution in [1.29, 1.82) is 0 Å². The first kappa shape index (κ1) is 13.0. The van der Waals surface area contributed by atoms with Gasteiger partial charge < -0.3 is 9.47 Å². The van der Waals surface area contributed by atoms with Crippen molar-refractivity contribution in [2.75, 3.05) is 13.7 Å². The Balaban J connectivity index is 2.78. The van der Waals surface area contributed by atoms with E-state index in [1.165, 1.54) is 19.2 Å². The second kappa shape index (κ2) is 6.54. The number of rotatable bonds is 3. The van der Waals surface area contributed by atoms with Crippen molar-refractivity contribution in [2.24, 2.45) is 0 Å². The van der Waals surface area contributed by atoms with Crippen molar-refractivity contribution in [2.45, 2.75) is 13.3 Å². The van der Waals surface area contributed by atoms with E-state index >= 15 is 0 Å². The highest BCUT2D eigenvalue weighted by Gasteiger charge is 2.05. The zero-order chi connectivity index (χ0) is 12.7.